The van der Waals surface area contributed by atoms with E-state index in [1.807, 2.05) is 36.4 Å². The summed E-state index contributed by atoms with van der Waals surface area (Å²) in [6.07, 6.45) is 4.25. The molecule has 31 heavy (non-hydrogen) atoms. The monoisotopic (exact) mass is 443 g/mol. The first-order chi connectivity index (χ1) is 15.2. The van der Waals surface area contributed by atoms with Crippen molar-refractivity contribution in [2.75, 3.05) is 51.7 Å². The third kappa shape index (κ3) is 6.43. The molecular formula is C24H34ClN5O. The van der Waals surface area contributed by atoms with Crippen LogP contribution in [0.25, 0.3) is 21.8 Å². The van der Waals surface area contributed by atoms with Crippen LogP contribution in [0.2, 0.25) is 5.02 Å². The number of ether oxygens (including phenoxy) is 1. The summed E-state index contributed by atoms with van der Waals surface area (Å²) < 4.78 is 5.45. The van der Waals surface area contributed by atoms with Gasteiger partial charge in [-0.2, -0.15) is 0 Å². The Balaban J connectivity index is 1.76. The SMILES string of the molecule is COc1ccc2nc3ccc(Cl)cc3c(NCCCN(CCCN)CCCCN)c2c1. The number of hydrogen-bond acceptors (Lipinski definition) is 6. The van der Waals surface area contributed by atoms with E-state index < -0.39 is 0 Å². The van der Waals surface area contributed by atoms with Gasteiger partial charge in [0.05, 0.1) is 23.8 Å². The Morgan fingerprint density at radius 1 is 0.903 bits per heavy atom. The number of fused-ring (bicyclic) bond motifs is 2. The van der Waals surface area contributed by atoms with Crippen LogP contribution in [0.1, 0.15) is 25.7 Å². The van der Waals surface area contributed by atoms with Crippen LogP contribution in [0, 0.1) is 0 Å². The number of anilines is 1. The molecule has 1 heterocycles. The molecule has 0 atom stereocenters. The molecule has 0 aliphatic heterocycles. The van der Waals surface area contributed by atoms with E-state index in [0.717, 1.165) is 98.2 Å². The van der Waals surface area contributed by atoms with Gasteiger partial charge in [-0.25, -0.2) is 4.98 Å². The van der Waals surface area contributed by atoms with Gasteiger partial charge in [0.2, 0.25) is 0 Å². The minimum atomic E-state index is 0.701. The molecule has 6 nitrogen and oxygen atoms in total. The molecule has 0 aliphatic rings. The molecule has 0 aliphatic carbocycles. The molecule has 5 N–H and O–H groups in total. The molecule has 0 unspecified atom stereocenters. The lowest BCUT2D eigenvalue weighted by molar-refractivity contribution is 0.266. The highest BCUT2D eigenvalue weighted by Gasteiger charge is 2.11. The van der Waals surface area contributed by atoms with E-state index >= 15 is 0 Å². The van der Waals surface area contributed by atoms with Crippen molar-refractivity contribution in [3.8, 4) is 5.75 Å². The van der Waals surface area contributed by atoms with Gasteiger partial charge in [0, 0.05) is 22.3 Å². The van der Waals surface area contributed by atoms with Gasteiger partial charge in [-0.3, -0.25) is 0 Å². The van der Waals surface area contributed by atoms with E-state index in [-0.39, 0.29) is 0 Å². The lowest BCUT2D eigenvalue weighted by atomic mass is 10.1. The van der Waals surface area contributed by atoms with Gasteiger partial charge < -0.3 is 26.4 Å². The Hall–Kier alpha value is -2.12. The van der Waals surface area contributed by atoms with Crippen LogP contribution in [-0.4, -0.2) is 56.3 Å². The first-order valence-corrected chi connectivity index (χ1v) is 11.5. The largest absolute Gasteiger partial charge is 0.497 e. The van der Waals surface area contributed by atoms with Crippen LogP contribution in [-0.2, 0) is 0 Å². The van der Waals surface area contributed by atoms with E-state index in [1.165, 1.54) is 0 Å². The average Bonchev–Trinajstić information content (AvgIpc) is 2.79. The highest BCUT2D eigenvalue weighted by molar-refractivity contribution is 6.31. The summed E-state index contributed by atoms with van der Waals surface area (Å²) in [5.41, 5.74) is 14.3. The summed E-state index contributed by atoms with van der Waals surface area (Å²) in [7, 11) is 1.68. The number of halogens is 1. The molecular weight excluding hydrogens is 410 g/mol. The highest BCUT2D eigenvalue weighted by Crippen LogP contribution is 2.34. The predicted octanol–water partition coefficient (Wildman–Crippen LogP) is 4.24. The zero-order valence-corrected chi connectivity index (χ0v) is 19.1. The predicted molar refractivity (Wildman–Crippen MR) is 132 cm³/mol. The standard InChI is InChI=1S/C24H34ClN5O/c1-31-19-7-9-23-21(17-19)24(20-16-18(25)6-8-22(20)29-23)28-12-5-15-30(14-4-11-27)13-3-2-10-26/h6-9,16-17H,2-5,10-15,26-27H2,1H3,(H,28,29). The van der Waals surface area contributed by atoms with Crippen LogP contribution >= 0.6 is 11.6 Å². The minimum absolute atomic E-state index is 0.701. The molecule has 0 spiro atoms. The maximum Gasteiger partial charge on any atom is 0.119 e. The normalized spacial score (nSPS) is 11.5. The van der Waals surface area contributed by atoms with Crippen molar-refractivity contribution in [2.45, 2.75) is 25.7 Å². The molecule has 7 heteroatoms. The molecule has 0 saturated carbocycles. The Kier molecular flexibility index (Phi) is 9.15. The molecule has 3 rings (SSSR count). The van der Waals surface area contributed by atoms with Gasteiger partial charge in [-0.05, 0) is 94.8 Å². The number of methoxy groups -OCH3 is 1. The Bertz CT molecular complexity index is 981. The number of nitrogens with two attached hydrogens (primary N) is 2. The minimum Gasteiger partial charge on any atom is -0.497 e. The van der Waals surface area contributed by atoms with Gasteiger partial charge in [-0.1, -0.05) is 11.6 Å². The number of unbranched alkanes of at least 4 members (excludes halogenated alkanes) is 1. The third-order valence-corrected chi connectivity index (χ3v) is 5.74. The van der Waals surface area contributed by atoms with Crippen molar-refractivity contribution in [1.29, 1.82) is 0 Å². The van der Waals surface area contributed by atoms with Crippen LogP contribution in [0.3, 0.4) is 0 Å². The maximum absolute atomic E-state index is 6.31. The smallest absolute Gasteiger partial charge is 0.119 e. The summed E-state index contributed by atoms with van der Waals surface area (Å²) in [4.78, 5) is 7.30. The zero-order chi connectivity index (χ0) is 22.1. The van der Waals surface area contributed by atoms with Crippen LogP contribution < -0.4 is 21.5 Å². The second-order valence-electron chi connectivity index (χ2n) is 7.79. The van der Waals surface area contributed by atoms with Gasteiger partial charge in [0.15, 0.2) is 0 Å². The Labute approximate surface area is 189 Å². The number of benzene rings is 2. The number of hydrogen-bond donors (Lipinski definition) is 3. The lowest BCUT2D eigenvalue weighted by Gasteiger charge is -2.22. The number of rotatable bonds is 13. The van der Waals surface area contributed by atoms with E-state index in [9.17, 15) is 0 Å². The molecule has 0 bridgehead atoms. The molecule has 0 radical (unpaired) electrons. The fourth-order valence-corrected chi connectivity index (χ4v) is 4.03. The summed E-state index contributed by atoms with van der Waals surface area (Å²) in [5.74, 6) is 0.812. The summed E-state index contributed by atoms with van der Waals surface area (Å²) >= 11 is 6.31. The molecule has 2 aromatic carbocycles. The van der Waals surface area contributed by atoms with Crippen molar-refractivity contribution >= 4 is 39.1 Å². The Morgan fingerprint density at radius 3 is 2.32 bits per heavy atom. The van der Waals surface area contributed by atoms with Gasteiger partial charge in [0.1, 0.15) is 5.75 Å². The van der Waals surface area contributed by atoms with E-state index in [1.54, 1.807) is 7.11 Å². The molecule has 168 valence electrons. The number of pyridine rings is 1. The number of nitrogens with one attached hydrogen (secondary N) is 1. The zero-order valence-electron chi connectivity index (χ0n) is 18.4. The number of aromatic nitrogens is 1. The van der Waals surface area contributed by atoms with Crippen molar-refractivity contribution in [1.82, 2.24) is 9.88 Å². The highest BCUT2D eigenvalue weighted by atomic mass is 35.5. The quantitative estimate of drug-likeness (QED) is 0.270. The van der Waals surface area contributed by atoms with Crippen molar-refractivity contribution in [2.24, 2.45) is 11.5 Å². The fraction of sp³-hybridized carbons (Fsp3) is 0.458. The van der Waals surface area contributed by atoms with Crippen molar-refractivity contribution < 1.29 is 4.74 Å². The third-order valence-electron chi connectivity index (χ3n) is 5.50. The van der Waals surface area contributed by atoms with Gasteiger partial charge >= 0.3 is 0 Å². The molecule has 0 amide bonds. The van der Waals surface area contributed by atoms with Crippen LogP contribution in [0.15, 0.2) is 36.4 Å². The van der Waals surface area contributed by atoms with Crippen LogP contribution in [0.5, 0.6) is 5.75 Å². The lowest BCUT2D eigenvalue weighted by Crippen LogP contribution is -2.30. The Morgan fingerprint density at radius 2 is 1.58 bits per heavy atom. The second kappa shape index (κ2) is 12.1. The topological polar surface area (TPSA) is 89.4 Å². The van der Waals surface area contributed by atoms with E-state index in [0.29, 0.717) is 5.02 Å². The van der Waals surface area contributed by atoms with Crippen molar-refractivity contribution in [3.63, 3.8) is 0 Å². The number of nitrogens with zero attached hydrogens (tertiary/aromatic N) is 2. The van der Waals surface area contributed by atoms with Crippen molar-refractivity contribution in [3.05, 3.63) is 41.4 Å². The molecule has 3 aromatic rings. The first-order valence-electron chi connectivity index (χ1n) is 11.1. The summed E-state index contributed by atoms with van der Waals surface area (Å²) in [6, 6.07) is 11.8. The fourth-order valence-electron chi connectivity index (χ4n) is 3.86. The molecule has 0 saturated heterocycles. The van der Waals surface area contributed by atoms with E-state index in [2.05, 4.69) is 10.2 Å². The second-order valence-corrected chi connectivity index (χ2v) is 8.23. The molecule has 1 aromatic heterocycles. The molecule has 0 fully saturated rings. The van der Waals surface area contributed by atoms with E-state index in [4.69, 9.17) is 32.8 Å². The summed E-state index contributed by atoms with van der Waals surface area (Å²) in [6.45, 7) is 5.47. The van der Waals surface area contributed by atoms with Gasteiger partial charge in [-0.15, -0.1) is 0 Å². The maximum atomic E-state index is 6.31. The van der Waals surface area contributed by atoms with Gasteiger partial charge in [0.25, 0.3) is 0 Å². The average molecular weight is 444 g/mol. The van der Waals surface area contributed by atoms with Crippen LogP contribution in [0.4, 0.5) is 5.69 Å². The first kappa shape index (κ1) is 23.5. The summed E-state index contributed by atoms with van der Waals surface area (Å²) in [5, 5.41) is 6.43.